The van der Waals surface area contributed by atoms with Crippen molar-refractivity contribution in [3.8, 4) is 5.75 Å². The molecule has 36 heavy (non-hydrogen) atoms. The van der Waals surface area contributed by atoms with Crippen LogP contribution in [-0.2, 0) is 22.6 Å². The third kappa shape index (κ3) is 8.13. The molecular formula is C27H26BrCl3N2O3. The molecule has 5 nitrogen and oxygen atoms in total. The van der Waals surface area contributed by atoms with Crippen molar-refractivity contribution in [3.63, 3.8) is 0 Å². The summed E-state index contributed by atoms with van der Waals surface area (Å²) in [5.41, 5.74) is 1.67. The summed E-state index contributed by atoms with van der Waals surface area (Å²) < 4.78 is 6.55. The zero-order valence-corrected chi connectivity index (χ0v) is 23.5. The van der Waals surface area contributed by atoms with E-state index in [4.69, 9.17) is 39.5 Å². The van der Waals surface area contributed by atoms with E-state index in [9.17, 15) is 9.59 Å². The highest BCUT2D eigenvalue weighted by Gasteiger charge is 2.30. The number of ether oxygens (including phenoxy) is 1. The van der Waals surface area contributed by atoms with E-state index < -0.39 is 6.04 Å². The second-order valence-corrected chi connectivity index (χ2v) is 10.3. The number of rotatable bonds is 11. The van der Waals surface area contributed by atoms with Crippen LogP contribution in [0.1, 0.15) is 24.5 Å². The number of nitrogens with one attached hydrogen (secondary N) is 1. The Morgan fingerprint density at radius 3 is 2.36 bits per heavy atom. The van der Waals surface area contributed by atoms with Crippen molar-refractivity contribution in [1.82, 2.24) is 10.2 Å². The van der Waals surface area contributed by atoms with Crippen LogP contribution in [0.15, 0.2) is 71.2 Å². The van der Waals surface area contributed by atoms with Crippen molar-refractivity contribution >= 4 is 62.5 Å². The second kappa shape index (κ2) is 13.9. The van der Waals surface area contributed by atoms with Gasteiger partial charge < -0.3 is 15.0 Å². The summed E-state index contributed by atoms with van der Waals surface area (Å²) in [6.07, 6.45) is 1.11. The maximum absolute atomic E-state index is 13.6. The summed E-state index contributed by atoms with van der Waals surface area (Å²) in [6, 6.07) is 19.1. The monoisotopic (exact) mass is 610 g/mol. The van der Waals surface area contributed by atoms with Gasteiger partial charge in [-0.15, -0.1) is 0 Å². The summed E-state index contributed by atoms with van der Waals surface area (Å²) in [5.74, 6) is -0.235. The fraction of sp³-hybridized carbons (Fsp3) is 0.259. The standard InChI is InChI=1S/C27H26BrCl3N2O3/c1-2-12-32-27(35)24(14-18-6-4-3-5-7-18)33(16-19-8-10-21(29)22(30)13-19)26(34)17-36-25-11-9-20(28)15-23(25)31/h3-11,13,15,24H,2,12,14,16-17H2,1H3,(H,32,35)/t24-/m0/s1. The number of hydrogen-bond acceptors (Lipinski definition) is 3. The summed E-state index contributed by atoms with van der Waals surface area (Å²) in [5, 5.41) is 4.09. The Balaban J connectivity index is 1.92. The number of carbonyl (C=O) groups is 2. The van der Waals surface area contributed by atoms with Crippen LogP contribution in [0.25, 0.3) is 0 Å². The highest BCUT2D eigenvalue weighted by molar-refractivity contribution is 9.10. The van der Waals surface area contributed by atoms with Crippen LogP contribution in [0.5, 0.6) is 5.75 Å². The molecule has 0 saturated carbocycles. The van der Waals surface area contributed by atoms with E-state index in [1.165, 1.54) is 4.90 Å². The Morgan fingerprint density at radius 2 is 1.69 bits per heavy atom. The van der Waals surface area contributed by atoms with Crippen LogP contribution >= 0.6 is 50.7 Å². The summed E-state index contributed by atoms with van der Waals surface area (Å²) >= 11 is 21.9. The van der Waals surface area contributed by atoms with Crippen molar-refractivity contribution in [1.29, 1.82) is 0 Å². The average Bonchev–Trinajstić information content (AvgIpc) is 2.86. The van der Waals surface area contributed by atoms with Crippen molar-refractivity contribution in [2.24, 2.45) is 0 Å². The molecule has 0 saturated heterocycles. The van der Waals surface area contributed by atoms with Crippen LogP contribution in [0.4, 0.5) is 0 Å². The Hall–Kier alpha value is -2.25. The Kier molecular flexibility index (Phi) is 10.9. The maximum atomic E-state index is 13.6. The molecule has 1 atom stereocenters. The van der Waals surface area contributed by atoms with Gasteiger partial charge >= 0.3 is 0 Å². The van der Waals surface area contributed by atoms with Crippen LogP contribution in [0.3, 0.4) is 0 Å². The molecule has 1 N–H and O–H groups in total. The average molecular weight is 613 g/mol. The predicted octanol–water partition coefficient (Wildman–Crippen LogP) is 6.95. The first-order valence-electron chi connectivity index (χ1n) is 11.4. The molecule has 3 rings (SSSR count). The number of nitrogens with zero attached hydrogens (tertiary/aromatic N) is 1. The van der Waals surface area contributed by atoms with Gasteiger partial charge in [0.1, 0.15) is 11.8 Å². The van der Waals surface area contributed by atoms with Gasteiger partial charge in [0.05, 0.1) is 15.1 Å². The minimum Gasteiger partial charge on any atom is -0.482 e. The van der Waals surface area contributed by atoms with E-state index in [0.29, 0.717) is 33.8 Å². The smallest absolute Gasteiger partial charge is 0.261 e. The molecule has 0 aliphatic carbocycles. The van der Waals surface area contributed by atoms with Crippen molar-refractivity contribution in [2.75, 3.05) is 13.2 Å². The fourth-order valence-electron chi connectivity index (χ4n) is 3.57. The molecular weight excluding hydrogens is 587 g/mol. The number of amides is 2. The fourth-order valence-corrected chi connectivity index (χ4v) is 4.62. The molecule has 0 radical (unpaired) electrons. The lowest BCUT2D eigenvalue weighted by molar-refractivity contribution is -0.142. The molecule has 0 fully saturated rings. The van der Waals surface area contributed by atoms with Gasteiger partial charge in [0.2, 0.25) is 5.91 Å². The Bertz CT molecular complexity index is 1190. The lowest BCUT2D eigenvalue weighted by Gasteiger charge is -2.31. The molecule has 3 aromatic carbocycles. The number of benzene rings is 3. The molecule has 9 heteroatoms. The lowest BCUT2D eigenvalue weighted by Crippen LogP contribution is -2.51. The Morgan fingerprint density at radius 1 is 0.944 bits per heavy atom. The molecule has 2 amide bonds. The van der Waals surface area contributed by atoms with E-state index >= 15 is 0 Å². The van der Waals surface area contributed by atoms with Crippen molar-refractivity contribution in [3.05, 3.63) is 97.4 Å². The number of hydrogen-bond donors (Lipinski definition) is 1. The largest absolute Gasteiger partial charge is 0.482 e. The van der Waals surface area contributed by atoms with Crippen LogP contribution in [-0.4, -0.2) is 35.9 Å². The second-order valence-electron chi connectivity index (χ2n) is 8.13. The summed E-state index contributed by atoms with van der Waals surface area (Å²) in [6.45, 7) is 2.32. The first-order chi connectivity index (χ1) is 17.3. The Labute approximate surface area is 234 Å². The van der Waals surface area contributed by atoms with Crippen LogP contribution < -0.4 is 10.1 Å². The third-order valence-corrected chi connectivity index (χ3v) is 6.93. The van der Waals surface area contributed by atoms with Gasteiger partial charge in [0, 0.05) is 24.0 Å². The molecule has 0 aromatic heterocycles. The van der Waals surface area contributed by atoms with Crippen molar-refractivity contribution < 1.29 is 14.3 Å². The first kappa shape index (κ1) is 28.3. The zero-order chi connectivity index (χ0) is 26.1. The highest BCUT2D eigenvalue weighted by atomic mass is 79.9. The van der Waals surface area contributed by atoms with Gasteiger partial charge in [-0.25, -0.2) is 0 Å². The predicted molar refractivity (Wildman–Crippen MR) is 149 cm³/mol. The van der Waals surface area contributed by atoms with Gasteiger partial charge in [-0.2, -0.15) is 0 Å². The minimum absolute atomic E-state index is 0.143. The third-order valence-electron chi connectivity index (χ3n) is 5.40. The summed E-state index contributed by atoms with van der Waals surface area (Å²) in [4.78, 5) is 28.4. The molecule has 0 spiro atoms. The van der Waals surface area contributed by atoms with E-state index in [1.807, 2.05) is 37.3 Å². The molecule has 0 bridgehead atoms. The molecule has 190 valence electrons. The number of carbonyl (C=O) groups excluding carboxylic acids is 2. The van der Waals surface area contributed by atoms with Crippen LogP contribution in [0, 0.1) is 0 Å². The molecule has 0 aliphatic rings. The molecule has 0 heterocycles. The first-order valence-corrected chi connectivity index (χ1v) is 13.3. The quantitative estimate of drug-likeness (QED) is 0.255. The molecule has 0 unspecified atom stereocenters. The SMILES string of the molecule is CCCNC(=O)[C@H](Cc1ccccc1)N(Cc1ccc(Cl)c(Cl)c1)C(=O)COc1ccc(Br)cc1Cl. The van der Waals surface area contributed by atoms with Gasteiger partial charge in [-0.05, 0) is 47.9 Å². The normalized spacial score (nSPS) is 11.6. The highest BCUT2D eigenvalue weighted by Crippen LogP contribution is 2.28. The van der Waals surface area contributed by atoms with E-state index in [0.717, 1.165) is 22.0 Å². The summed E-state index contributed by atoms with van der Waals surface area (Å²) in [7, 11) is 0. The van der Waals surface area contributed by atoms with Gasteiger partial charge in [0.25, 0.3) is 5.91 Å². The minimum atomic E-state index is -0.773. The van der Waals surface area contributed by atoms with E-state index in [2.05, 4.69) is 21.2 Å². The van der Waals surface area contributed by atoms with Gasteiger partial charge in [-0.1, -0.05) is 94.1 Å². The zero-order valence-electron chi connectivity index (χ0n) is 19.6. The molecule has 3 aromatic rings. The molecule has 0 aliphatic heterocycles. The van der Waals surface area contributed by atoms with Crippen LogP contribution in [0.2, 0.25) is 15.1 Å². The lowest BCUT2D eigenvalue weighted by atomic mass is 10.0. The van der Waals surface area contributed by atoms with E-state index in [1.54, 1.807) is 36.4 Å². The van der Waals surface area contributed by atoms with Gasteiger partial charge in [-0.3, -0.25) is 9.59 Å². The van der Waals surface area contributed by atoms with E-state index in [-0.39, 0.29) is 25.0 Å². The maximum Gasteiger partial charge on any atom is 0.261 e. The van der Waals surface area contributed by atoms with Gasteiger partial charge in [0.15, 0.2) is 6.61 Å². The topological polar surface area (TPSA) is 58.6 Å². The van der Waals surface area contributed by atoms with Crippen molar-refractivity contribution in [2.45, 2.75) is 32.4 Å². The number of halogens is 4.